The second-order valence-electron chi connectivity index (χ2n) is 33.7. The zero-order chi connectivity index (χ0) is 90.6. The molecule has 0 aromatic heterocycles. The summed E-state index contributed by atoms with van der Waals surface area (Å²) >= 11 is 0. The van der Waals surface area contributed by atoms with Crippen LogP contribution in [0.1, 0.15) is 235 Å². The van der Waals surface area contributed by atoms with Crippen LogP contribution in [0.5, 0.6) is 0 Å². The molecule has 0 aromatic rings. The van der Waals surface area contributed by atoms with E-state index >= 15 is 0 Å². The zero-order valence-corrected chi connectivity index (χ0v) is 74.6. The van der Waals surface area contributed by atoms with Crippen molar-refractivity contribution in [1.29, 1.82) is 0 Å². The molecule has 0 bridgehead atoms. The van der Waals surface area contributed by atoms with Crippen LogP contribution in [0.25, 0.3) is 0 Å². The van der Waals surface area contributed by atoms with Gasteiger partial charge >= 0.3 is 71.6 Å². The molecule has 0 rings (SSSR count). The fourth-order valence-electron chi connectivity index (χ4n) is 11.8. The van der Waals surface area contributed by atoms with E-state index in [1.54, 1.807) is 0 Å². The lowest BCUT2D eigenvalue weighted by Gasteiger charge is -2.32. The summed E-state index contributed by atoms with van der Waals surface area (Å²) in [6.45, 7) is 30.5. The molecule has 0 aliphatic heterocycles. The van der Waals surface area contributed by atoms with Crippen LogP contribution < -0.4 is 0 Å². The van der Waals surface area contributed by atoms with E-state index in [2.05, 4.69) is 26.3 Å². The lowest BCUT2D eigenvalue weighted by atomic mass is 9.86. The number of esters is 12. The number of unbranched alkanes of at least 4 members (excludes halogenated alkanes) is 8. The summed E-state index contributed by atoms with van der Waals surface area (Å²) in [7, 11) is 0. The van der Waals surface area contributed by atoms with E-state index in [0.29, 0.717) is 155 Å². The van der Waals surface area contributed by atoms with Gasteiger partial charge in [0.05, 0.1) is 104 Å². The van der Waals surface area contributed by atoms with Gasteiger partial charge in [0.15, 0.2) is 0 Å². The van der Waals surface area contributed by atoms with Crippen LogP contribution in [0, 0.1) is 27.1 Å². The lowest BCUT2D eigenvalue weighted by molar-refractivity contribution is -0.171. The standard InChI is InChI=1S/C89H152N4O28/c1-13-73(98)110-61-37-85(5,6)41-65-114-77(102)29-49-90(45-21-17-25-57-94)53-33-81(106)118-69-89(70-119-82(107)34-54-91(46-22-18-26-58-95)50-30-78(103)115-66-42-86(7,8)38-62-111-74(99)14-2,71-120-83(108)35-55-92(47-23-19-27-59-96)51-31-79(104)116-67-43-87(9,10)39-63-112-75(100)15-3)72-121-84(109)36-56-93(48-24-20-28-60-97)52-32-80(105)117-68-44-88(11,12)40-64-113-76(101)16-4/h13-16,94-97H,1-4,17-72H2,5-12H3. The Balaban J connectivity index is 7.56. The van der Waals surface area contributed by atoms with Crippen molar-refractivity contribution in [3.05, 3.63) is 50.6 Å². The Kier molecular flexibility index (Phi) is 64.3. The van der Waals surface area contributed by atoms with Crippen molar-refractivity contribution in [3.63, 3.8) is 0 Å². The molecule has 0 atom stereocenters. The molecule has 0 spiro atoms. The largest absolute Gasteiger partial charge is 0.466 e. The summed E-state index contributed by atoms with van der Waals surface area (Å²) in [5, 5.41) is 38.4. The van der Waals surface area contributed by atoms with Gasteiger partial charge in [-0.05, 0) is 176 Å². The van der Waals surface area contributed by atoms with Crippen LogP contribution >= 0.6 is 0 Å². The second-order valence-corrected chi connectivity index (χ2v) is 33.7. The van der Waals surface area contributed by atoms with Crippen molar-refractivity contribution < 1.29 is 135 Å². The molecule has 32 nitrogen and oxygen atoms in total. The number of aliphatic hydroxyl groups is 4. The molecule has 0 radical (unpaired) electrons. The normalized spacial score (nSPS) is 11.8. The highest BCUT2D eigenvalue weighted by Crippen LogP contribution is 2.29. The molecule has 121 heavy (non-hydrogen) atoms. The van der Waals surface area contributed by atoms with Crippen molar-refractivity contribution in [3.8, 4) is 0 Å². The molecule has 0 saturated carbocycles. The Hall–Kier alpha value is -7.72. The van der Waals surface area contributed by atoms with Crippen LogP contribution in [0.4, 0.5) is 0 Å². The van der Waals surface area contributed by atoms with E-state index in [1.807, 2.05) is 75.0 Å². The van der Waals surface area contributed by atoms with E-state index in [1.165, 1.54) is 0 Å². The van der Waals surface area contributed by atoms with Crippen molar-refractivity contribution in [2.45, 2.75) is 235 Å². The molecule has 32 heteroatoms. The third-order valence-electron chi connectivity index (χ3n) is 20.7. The predicted molar refractivity (Wildman–Crippen MR) is 453 cm³/mol. The summed E-state index contributed by atoms with van der Waals surface area (Å²) in [6.07, 6.45) is 14.2. The first-order chi connectivity index (χ1) is 57.5. The maximum absolute atomic E-state index is 14.3. The van der Waals surface area contributed by atoms with Crippen LogP contribution in [0.2, 0.25) is 0 Å². The highest BCUT2D eigenvalue weighted by Gasteiger charge is 2.39. The molecule has 0 saturated heterocycles. The van der Waals surface area contributed by atoms with E-state index in [9.17, 15) is 78.0 Å². The van der Waals surface area contributed by atoms with Gasteiger partial charge in [0, 0.05) is 103 Å². The summed E-state index contributed by atoms with van der Waals surface area (Å²) in [5.41, 5.74) is -3.15. The van der Waals surface area contributed by atoms with Crippen molar-refractivity contribution in [1.82, 2.24) is 19.6 Å². The fourth-order valence-corrected chi connectivity index (χ4v) is 11.8. The average molecular weight is 1730 g/mol. The quantitative estimate of drug-likeness (QED) is 0.0190. The monoisotopic (exact) mass is 1730 g/mol. The van der Waals surface area contributed by atoms with E-state index < -0.39 is 103 Å². The Morgan fingerprint density at radius 3 is 0.545 bits per heavy atom. The first-order valence-electron chi connectivity index (χ1n) is 43.3. The first-order valence-corrected chi connectivity index (χ1v) is 43.3. The van der Waals surface area contributed by atoms with E-state index in [4.69, 9.17) is 56.8 Å². The van der Waals surface area contributed by atoms with E-state index in [-0.39, 0.29) is 205 Å². The summed E-state index contributed by atoms with van der Waals surface area (Å²) in [4.78, 5) is 164. The van der Waals surface area contributed by atoms with Crippen LogP contribution in [-0.4, -0.2) is 296 Å². The molecular formula is C89H152N4O28. The topological polar surface area (TPSA) is 409 Å². The number of hydrogen-bond donors (Lipinski definition) is 4. The highest BCUT2D eigenvalue weighted by molar-refractivity contribution is 5.82. The molecule has 0 heterocycles. The van der Waals surface area contributed by atoms with Gasteiger partial charge in [-0.1, -0.05) is 81.7 Å². The predicted octanol–water partition coefficient (Wildman–Crippen LogP) is 9.44. The molecule has 0 fully saturated rings. The summed E-state index contributed by atoms with van der Waals surface area (Å²) in [5.74, 6) is -7.14. The maximum atomic E-state index is 14.3. The number of nitrogens with zero attached hydrogens (tertiary/aromatic N) is 4. The van der Waals surface area contributed by atoms with Gasteiger partial charge in [-0.15, -0.1) is 0 Å². The van der Waals surface area contributed by atoms with Gasteiger partial charge in [0.25, 0.3) is 0 Å². The number of carbonyl (C=O) groups is 12. The Morgan fingerprint density at radius 2 is 0.388 bits per heavy atom. The van der Waals surface area contributed by atoms with Gasteiger partial charge in [-0.2, -0.15) is 0 Å². The zero-order valence-electron chi connectivity index (χ0n) is 74.6. The molecule has 4 N–H and O–H groups in total. The number of ether oxygens (including phenoxy) is 12. The first kappa shape index (κ1) is 113. The molecule has 0 aliphatic carbocycles. The number of rotatable bonds is 80. The molecule has 0 unspecified atom stereocenters. The Bertz CT molecular complexity index is 2600. The molecule has 0 aliphatic rings. The SMILES string of the molecule is C=CC(=O)OCCC(C)(C)CCOC(=O)CCN(CCCCCO)CCC(=O)OCC(COC(=O)CCN(CCCCCO)CCC(=O)OCCC(C)(C)CCOC(=O)C=C)(COC(=O)CCN(CCCCCO)CCC(=O)OCCC(C)(C)CCOC(=O)C=C)COC(=O)CCN(CCCCCO)CCC(=O)OCCC(C)(C)CCOC(=O)C=C. The van der Waals surface area contributed by atoms with Gasteiger partial charge < -0.3 is 96.9 Å². The summed E-state index contributed by atoms with van der Waals surface area (Å²) in [6, 6.07) is 0. The van der Waals surface area contributed by atoms with Crippen LogP contribution in [0.15, 0.2) is 50.6 Å². The third-order valence-corrected chi connectivity index (χ3v) is 20.7. The Labute approximate surface area is 720 Å². The van der Waals surface area contributed by atoms with Gasteiger partial charge in [-0.25, -0.2) is 19.2 Å². The smallest absolute Gasteiger partial charge is 0.330 e. The minimum Gasteiger partial charge on any atom is -0.466 e. The minimum absolute atomic E-state index is 0.0351. The fraction of sp³-hybridized carbons (Fsp3) is 0.775. The molecule has 0 amide bonds. The summed E-state index contributed by atoms with van der Waals surface area (Å²) < 4.78 is 67.3. The van der Waals surface area contributed by atoms with Crippen molar-refractivity contribution in [2.75, 3.05) is 184 Å². The van der Waals surface area contributed by atoms with Crippen molar-refractivity contribution in [2.24, 2.45) is 27.1 Å². The van der Waals surface area contributed by atoms with Gasteiger partial charge in [0.2, 0.25) is 0 Å². The maximum Gasteiger partial charge on any atom is 0.330 e. The highest BCUT2D eigenvalue weighted by atomic mass is 16.6. The van der Waals surface area contributed by atoms with Crippen LogP contribution in [-0.2, 0) is 114 Å². The second kappa shape index (κ2) is 68.7. The average Bonchev–Trinajstić information content (AvgIpc) is 0.848. The Morgan fingerprint density at radius 1 is 0.231 bits per heavy atom. The number of aliphatic hydroxyl groups excluding tert-OH is 4. The van der Waals surface area contributed by atoms with E-state index in [0.717, 1.165) is 24.3 Å². The number of carbonyl (C=O) groups excluding carboxylic acids is 12. The minimum atomic E-state index is -1.80. The van der Waals surface area contributed by atoms with Crippen LogP contribution in [0.3, 0.4) is 0 Å². The van der Waals surface area contributed by atoms with Crippen molar-refractivity contribution >= 4 is 71.6 Å². The number of hydrogen-bond acceptors (Lipinski definition) is 32. The molecule has 696 valence electrons. The van der Waals surface area contributed by atoms with Gasteiger partial charge in [-0.3, -0.25) is 38.4 Å². The molecule has 0 aromatic carbocycles. The lowest BCUT2D eigenvalue weighted by Crippen LogP contribution is -2.44. The third kappa shape index (κ3) is 65.6. The van der Waals surface area contributed by atoms with Gasteiger partial charge in [0.1, 0.15) is 31.8 Å². The molecular weight excluding hydrogens is 1570 g/mol.